The maximum atomic E-state index is 13.5. The number of nitrogens with zero attached hydrogens (tertiary/aromatic N) is 2. The Bertz CT molecular complexity index is 1180. The van der Waals surface area contributed by atoms with Crippen LogP contribution in [0.15, 0.2) is 36.4 Å². The SMILES string of the molecule is CCCCN(CCCO)C(=O)CN1CC(c2cc(OC)c3c(c2)OCO3)C(C(=O)O)C1COc1ccccc1OC. The standard InChI is InChI=1S/C30H40N2O9/c1-4-5-11-31(12-8-13-33)27(34)17-32-16-21(20-14-25(38-3)29-26(15-20)40-19-41-29)28(30(35)36)22(32)18-39-24-10-7-6-9-23(24)37-2/h6-7,9-10,14-15,21-22,28,33H,4-5,8,11-13,16-19H2,1-3H3,(H,35,36). The summed E-state index contributed by atoms with van der Waals surface area (Å²) in [7, 11) is 3.07. The number of fused-ring (bicyclic) bond motifs is 1. The molecule has 11 nitrogen and oxygen atoms in total. The Morgan fingerprint density at radius 1 is 1.05 bits per heavy atom. The number of methoxy groups -OCH3 is 2. The van der Waals surface area contributed by atoms with Crippen LogP contribution >= 0.6 is 0 Å². The van der Waals surface area contributed by atoms with Crippen molar-refractivity contribution in [3.05, 3.63) is 42.0 Å². The largest absolute Gasteiger partial charge is 0.493 e. The number of carbonyl (C=O) groups excluding carboxylic acids is 1. The molecule has 2 aromatic carbocycles. The Balaban J connectivity index is 1.66. The first kappa shape index (κ1) is 30.3. The molecule has 11 heteroatoms. The van der Waals surface area contributed by atoms with Gasteiger partial charge in [0.05, 0.1) is 32.7 Å². The average Bonchev–Trinajstić information content (AvgIpc) is 3.60. The second-order valence-electron chi connectivity index (χ2n) is 10.2. The van der Waals surface area contributed by atoms with Crippen LogP contribution in [0.1, 0.15) is 37.7 Å². The van der Waals surface area contributed by atoms with E-state index in [0.717, 1.165) is 18.4 Å². The summed E-state index contributed by atoms with van der Waals surface area (Å²) in [5.41, 5.74) is 0.721. The zero-order chi connectivity index (χ0) is 29.4. The van der Waals surface area contributed by atoms with Gasteiger partial charge in [0.15, 0.2) is 23.0 Å². The second kappa shape index (κ2) is 14.3. The zero-order valence-electron chi connectivity index (χ0n) is 23.9. The van der Waals surface area contributed by atoms with Crippen LogP contribution in [0.2, 0.25) is 0 Å². The van der Waals surface area contributed by atoms with Crippen molar-refractivity contribution in [3.63, 3.8) is 0 Å². The van der Waals surface area contributed by atoms with Crippen molar-refractivity contribution in [3.8, 4) is 28.7 Å². The van der Waals surface area contributed by atoms with Crippen LogP contribution in [0.3, 0.4) is 0 Å². The van der Waals surface area contributed by atoms with Gasteiger partial charge in [-0.3, -0.25) is 14.5 Å². The summed E-state index contributed by atoms with van der Waals surface area (Å²) in [5, 5.41) is 19.9. The monoisotopic (exact) mass is 572 g/mol. The Morgan fingerprint density at radius 3 is 2.46 bits per heavy atom. The first-order valence-corrected chi connectivity index (χ1v) is 14.0. The maximum absolute atomic E-state index is 13.5. The number of hydrogen-bond donors (Lipinski definition) is 2. The number of aliphatic hydroxyl groups excluding tert-OH is 1. The number of carboxylic acid groups (broad SMARTS) is 1. The van der Waals surface area contributed by atoms with E-state index in [0.29, 0.717) is 54.8 Å². The molecule has 224 valence electrons. The van der Waals surface area contributed by atoms with E-state index < -0.39 is 23.8 Å². The molecule has 41 heavy (non-hydrogen) atoms. The molecule has 4 rings (SSSR count). The van der Waals surface area contributed by atoms with Crippen molar-refractivity contribution in [1.82, 2.24) is 9.80 Å². The number of likely N-dealkylation sites (tertiary alicyclic amines) is 1. The first-order valence-electron chi connectivity index (χ1n) is 14.0. The first-order chi connectivity index (χ1) is 19.9. The number of rotatable bonds is 15. The summed E-state index contributed by atoms with van der Waals surface area (Å²) < 4.78 is 28.2. The van der Waals surface area contributed by atoms with Crippen molar-refractivity contribution in [2.75, 3.05) is 60.4 Å². The van der Waals surface area contributed by atoms with Crippen molar-refractivity contribution >= 4 is 11.9 Å². The molecule has 0 saturated carbocycles. The highest BCUT2D eigenvalue weighted by molar-refractivity contribution is 5.79. The predicted octanol–water partition coefficient (Wildman–Crippen LogP) is 2.99. The molecule has 1 fully saturated rings. The second-order valence-corrected chi connectivity index (χ2v) is 10.2. The molecule has 1 saturated heterocycles. The van der Waals surface area contributed by atoms with Crippen LogP contribution in [0.4, 0.5) is 0 Å². The Hall–Kier alpha value is -3.70. The smallest absolute Gasteiger partial charge is 0.308 e. The molecule has 0 spiro atoms. The fourth-order valence-electron chi connectivity index (χ4n) is 5.56. The lowest BCUT2D eigenvalue weighted by molar-refractivity contribution is -0.144. The normalized spacial score (nSPS) is 19.7. The minimum atomic E-state index is -0.988. The molecule has 2 aliphatic heterocycles. The molecule has 0 bridgehead atoms. The third kappa shape index (κ3) is 6.97. The number of aliphatic hydroxyl groups is 1. The van der Waals surface area contributed by atoms with Crippen LogP contribution in [0, 0.1) is 5.92 Å². The molecular formula is C30H40N2O9. The third-order valence-electron chi connectivity index (χ3n) is 7.68. The van der Waals surface area contributed by atoms with Gasteiger partial charge in [-0.2, -0.15) is 0 Å². The highest BCUT2D eigenvalue weighted by Gasteiger charge is 2.48. The van der Waals surface area contributed by atoms with Gasteiger partial charge in [0, 0.05) is 32.2 Å². The number of unbranched alkanes of at least 4 members (excludes halogenated alkanes) is 1. The lowest BCUT2D eigenvalue weighted by Crippen LogP contribution is -2.46. The minimum Gasteiger partial charge on any atom is -0.493 e. The number of carbonyl (C=O) groups is 2. The van der Waals surface area contributed by atoms with E-state index in [-0.39, 0.29) is 32.5 Å². The predicted molar refractivity (Wildman–Crippen MR) is 150 cm³/mol. The van der Waals surface area contributed by atoms with Crippen LogP contribution in [0.5, 0.6) is 28.7 Å². The lowest BCUT2D eigenvalue weighted by Gasteiger charge is -2.29. The Labute approximate surface area is 240 Å². The summed E-state index contributed by atoms with van der Waals surface area (Å²) >= 11 is 0. The molecule has 3 atom stereocenters. The van der Waals surface area contributed by atoms with Gasteiger partial charge in [-0.1, -0.05) is 25.5 Å². The lowest BCUT2D eigenvalue weighted by atomic mass is 9.85. The molecule has 2 heterocycles. The summed E-state index contributed by atoms with van der Waals surface area (Å²) in [4.78, 5) is 30.0. The number of amides is 1. The molecule has 3 unspecified atom stereocenters. The summed E-state index contributed by atoms with van der Waals surface area (Å²) in [6, 6.07) is 10.1. The summed E-state index contributed by atoms with van der Waals surface area (Å²) in [5.74, 6) is 0.0126. The van der Waals surface area contributed by atoms with Gasteiger partial charge in [0.25, 0.3) is 0 Å². The van der Waals surface area contributed by atoms with Crippen LogP contribution < -0.4 is 23.7 Å². The number of carboxylic acids is 1. The van der Waals surface area contributed by atoms with Gasteiger partial charge in [0.2, 0.25) is 18.4 Å². The van der Waals surface area contributed by atoms with Crippen LogP contribution in [0.25, 0.3) is 0 Å². The van der Waals surface area contributed by atoms with E-state index in [9.17, 15) is 19.8 Å². The Kier molecular flexibility index (Phi) is 10.5. The zero-order valence-corrected chi connectivity index (χ0v) is 23.9. The molecule has 0 radical (unpaired) electrons. The molecule has 0 aliphatic carbocycles. The molecular weight excluding hydrogens is 532 g/mol. The van der Waals surface area contributed by atoms with Crippen molar-refractivity contribution in [2.45, 2.75) is 38.1 Å². The van der Waals surface area contributed by atoms with E-state index in [4.69, 9.17) is 23.7 Å². The highest BCUT2D eigenvalue weighted by atomic mass is 16.7. The van der Waals surface area contributed by atoms with Gasteiger partial charge in [0.1, 0.15) is 6.61 Å². The topological polar surface area (TPSA) is 127 Å². The van der Waals surface area contributed by atoms with Gasteiger partial charge in [-0.05, 0) is 42.7 Å². The summed E-state index contributed by atoms with van der Waals surface area (Å²) in [6.45, 7) is 3.50. The van der Waals surface area contributed by atoms with E-state index in [1.807, 2.05) is 17.0 Å². The molecule has 2 aromatic rings. The molecule has 2 N–H and O–H groups in total. The van der Waals surface area contributed by atoms with E-state index in [1.165, 1.54) is 7.11 Å². The number of para-hydroxylation sites is 2. The highest BCUT2D eigenvalue weighted by Crippen LogP contribution is 2.47. The fraction of sp³-hybridized carbons (Fsp3) is 0.533. The maximum Gasteiger partial charge on any atom is 0.308 e. The minimum absolute atomic E-state index is 0.00982. The van der Waals surface area contributed by atoms with E-state index in [2.05, 4.69) is 6.92 Å². The van der Waals surface area contributed by atoms with Gasteiger partial charge in [-0.25, -0.2) is 0 Å². The number of aliphatic carboxylic acids is 1. The average molecular weight is 573 g/mol. The quantitative estimate of drug-likeness (QED) is 0.329. The van der Waals surface area contributed by atoms with Crippen molar-refractivity contribution < 1.29 is 43.5 Å². The van der Waals surface area contributed by atoms with Crippen molar-refractivity contribution in [2.24, 2.45) is 5.92 Å². The fourth-order valence-corrected chi connectivity index (χ4v) is 5.56. The van der Waals surface area contributed by atoms with E-state index in [1.54, 1.807) is 36.3 Å². The van der Waals surface area contributed by atoms with Gasteiger partial charge >= 0.3 is 5.97 Å². The number of ether oxygens (including phenoxy) is 5. The van der Waals surface area contributed by atoms with Gasteiger partial charge < -0.3 is 38.8 Å². The number of hydrogen-bond acceptors (Lipinski definition) is 9. The molecule has 2 aliphatic rings. The van der Waals surface area contributed by atoms with Crippen LogP contribution in [-0.4, -0.2) is 98.3 Å². The third-order valence-corrected chi connectivity index (χ3v) is 7.68. The van der Waals surface area contributed by atoms with Crippen LogP contribution in [-0.2, 0) is 9.59 Å². The molecule has 1 amide bonds. The number of benzene rings is 2. The Morgan fingerprint density at radius 2 is 1.78 bits per heavy atom. The van der Waals surface area contributed by atoms with E-state index >= 15 is 0 Å². The van der Waals surface area contributed by atoms with Gasteiger partial charge in [-0.15, -0.1) is 0 Å². The summed E-state index contributed by atoms with van der Waals surface area (Å²) in [6.07, 6.45) is 2.25. The van der Waals surface area contributed by atoms with Crippen molar-refractivity contribution in [1.29, 1.82) is 0 Å². The molecule has 0 aromatic heterocycles.